The van der Waals surface area contributed by atoms with Crippen LogP contribution in [0, 0.1) is 11.8 Å². The van der Waals surface area contributed by atoms with E-state index < -0.39 is 15.6 Å². The van der Waals surface area contributed by atoms with Crippen molar-refractivity contribution in [3.63, 3.8) is 0 Å². The summed E-state index contributed by atoms with van der Waals surface area (Å²) in [7, 11) is -4.05. The Morgan fingerprint density at radius 3 is 2.50 bits per heavy atom. The molecule has 176 valence electrons. The smallest absolute Gasteiger partial charge is 0.286 e. The molecule has 2 aliphatic rings. The first-order valence-corrected chi connectivity index (χ1v) is 12.8. The molecule has 2 aromatic carbocycles. The fourth-order valence-electron chi connectivity index (χ4n) is 4.73. The zero-order valence-corrected chi connectivity index (χ0v) is 19.8. The highest BCUT2D eigenvalue weighted by Gasteiger charge is 2.30. The summed E-state index contributed by atoms with van der Waals surface area (Å²) in [5.41, 5.74) is 0.807. The minimum atomic E-state index is -4.05. The van der Waals surface area contributed by atoms with E-state index in [1.54, 1.807) is 42.5 Å². The molecule has 34 heavy (non-hydrogen) atoms. The molecule has 0 bridgehead atoms. The lowest BCUT2D eigenvalue weighted by Gasteiger charge is -2.26. The highest BCUT2D eigenvalue weighted by atomic mass is 32.2. The summed E-state index contributed by atoms with van der Waals surface area (Å²) in [6, 6.07) is 13.2. The molecule has 3 aromatic rings. The van der Waals surface area contributed by atoms with Gasteiger partial charge < -0.3 is 10.4 Å². The SMILES string of the molecule is CC(C)C1CCC(=Nn2c(=O)c(C3=NS(=O)(=O)c4ccccc4N3)c(O)c3ccccc32)CC1. The molecule has 2 heterocycles. The third-order valence-electron chi connectivity index (χ3n) is 6.69. The van der Waals surface area contributed by atoms with Gasteiger partial charge in [0, 0.05) is 11.1 Å². The van der Waals surface area contributed by atoms with Crippen LogP contribution in [0.5, 0.6) is 5.75 Å². The Balaban J connectivity index is 1.68. The Labute approximate surface area is 197 Å². The summed E-state index contributed by atoms with van der Waals surface area (Å²) in [4.78, 5) is 13.7. The van der Waals surface area contributed by atoms with Crippen molar-refractivity contribution in [2.24, 2.45) is 21.3 Å². The maximum Gasteiger partial charge on any atom is 0.286 e. The highest BCUT2D eigenvalue weighted by molar-refractivity contribution is 7.90. The van der Waals surface area contributed by atoms with E-state index in [1.165, 1.54) is 10.7 Å². The van der Waals surface area contributed by atoms with Gasteiger partial charge in [0.05, 0.1) is 11.2 Å². The number of nitrogens with one attached hydrogen (secondary N) is 1. The second-order valence-electron chi connectivity index (χ2n) is 9.14. The Morgan fingerprint density at radius 1 is 1.09 bits per heavy atom. The van der Waals surface area contributed by atoms with Crippen LogP contribution in [0.4, 0.5) is 5.69 Å². The molecule has 9 heteroatoms. The molecule has 1 aliphatic carbocycles. The van der Waals surface area contributed by atoms with Gasteiger partial charge in [-0.3, -0.25) is 4.79 Å². The van der Waals surface area contributed by atoms with E-state index in [1.807, 2.05) is 0 Å². The number of amidine groups is 1. The van der Waals surface area contributed by atoms with Crippen molar-refractivity contribution >= 4 is 38.2 Å². The number of aromatic hydroxyl groups is 1. The molecule has 5 rings (SSSR count). The van der Waals surface area contributed by atoms with Crippen molar-refractivity contribution in [1.29, 1.82) is 0 Å². The van der Waals surface area contributed by atoms with Crippen LogP contribution in [-0.2, 0) is 10.0 Å². The number of aromatic nitrogens is 1. The van der Waals surface area contributed by atoms with Crippen LogP contribution < -0.4 is 10.9 Å². The fraction of sp³-hybridized carbons (Fsp3) is 0.320. The van der Waals surface area contributed by atoms with Crippen LogP contribution in [-0.4, -0.2) is 29.7 Å². The third-order valence-corrected chi connectivity index (χ3v) is 8.02. The van der Waals surface area contributed by atoms with Crippen LogP contribution >= 0.6 is 0 Å². The number of nitrogens with zero attached hydrogens (tertiary/aromatic N) is 3. The molecule has 0 saturated heterocycles. The maximum atomic E-state index is 13.7. The first-order valence-electron chi connectivity index (χ1n) is 11.4. The molecule has 1 fully saturated rings. The van der Waals surface area contributed by atoms with E-state index in [9.17, 15) is 18.3 Å². The van der Waals surface area contributed by atoms with E-state index in [2.05, 4.69) is 23.6 Å². The van der Waals surface area contributed by atoms with Crippen LogP contribution in [0.15, 0.2) is 67.7 Å². The lowest BCUT2D eigenvalue weighted by atomic mass is 9.81. The molecule has 1 aliphatic heterocycles. The third kappa shape index (κ3) is 3.79. The van der Waals surface area contributed by atoms with Crippen LogP contribution in [0.2, 0.25) is 0 Å². The quantitative estimate of drug-likeness (QED) is 0.582. The van der Waals surface area contributed by atoms with Crippen molar-refractivity contribution in [2.45, 2.75) is 44.4 Å². The predicted molar refractivity (Wildman–Crippen MR) is 133 cm³/mol. The molecular formula is C25H26N4O4S. The van der Waals surface area contributed by atoms with Gasteiger partial charge in [-0.15, -0.1) is 4.40 Å². The van der Waals surface area contributed by atoms with Gasteiger partial charge in [0.15, 0.2) is 5.84 Å². The summed E-state index contributed by atoms with van der Waals surface area (Å²) in [5.74, 6) is 0.685. The molecule has 0 atom stereocenters. The Bertz CT molecular complexity index is 1510. The number of pyridine rings is 1. The van der Waals surface area contributed by atoms with Crippen molar-refractivity contribution in [2.75, 3.05) is 5.32 Å². The topological polar surface area (TPSA) is 113 Å². The number of para-hydroxylation sites is 2. The Morgan fingerprint density at radius 2 is 1.76 bits per heavy atom. The molecule has 8 nitrogen and oxygen atoms in total. The van der Waals surface area contributed by atoms with E-state index >= 15 is 0 Å². The first-order chi connectivity index (χ1) is 16.3. The average Bonchev–Trinajstić information content (AvgIpc) is 2.82. The summed E-state index contributed by atoms with van der Waals surface area (Å²) in [5, 5.41) is 19.0. The van der Waals surface area contributed by atoms with Gasteiger partial charge in [-0.25, -0.2) is 0 Å². The molecule has 0 spiro atoms. The van der Waals surface area contributed by atoms with Crippen molar-refractivity contribution < 1.29 is 13.5 Å². The molecule has 0 unspecified atom stereocenters. The van der Waals surface area contributed by atoms with Gasteiger partial charge in [-0.05, 0) is 61.8 Å². The first kappa shape index (κ1) is 22.3. The number of sulfonamides is 1. The average molecular weight is 479 g/mol. The second-order valence-corrected chi connectivity index (χ2v) is 10.7. The van der Waals surface area contributed by atoms with Gasteiger partial charge in [0.1, 0.15) is 16.2 Å². The number of rotatable bonds is 3. The molecule has 1 saturated carbocycles. The van der Waals surface area contributed by atoms with Crippen molar-refractivity contribution in [1.82, 2.24) is 4.68 Å². The summed E-state index contributed by atoms with van der Waals surface area (Å²) in [6.07, 6.45) is 3.61. The fourth-order valence-corrected chi connectivity index (χ4v) is 5.85. The molecule has 0 radical (unpaired) electrons. The molecular weight excluding hydrogens is 452 g/mol. The minimum absolute atomic E-state index is 0.0153. The maximum absolute atomic E-state index is 13.7. The van der Waals surface area contributed by atoms with E-state index in [0.29, 0.717) is 28.4 Å². The zero-order chi connectivity index (χ0) is 24.0. The van der Waals surface area contributed by atoms with E-state index in [0.717, 1.165) is 31.4 Å². The lowest BCUT2D eigenvalue weighted by molar-refractivity contribution is 0.331. The normalized spacial score (nSPS) is 19.4. The predicted octanol–water partition coefficient (Wildman–Crippen LogP) is 4.32. The summed E-state index contributed by atoms with van der Waals surface area (Å²) < 4.78 is 30.7. The van der Waals surface area contributed by atoms with Gasteiger partial charge in [-0.2, -0.15) is 18.2 Å². The van der Waals surface area contributed by atoms with Gasteiger partial charge in [0.2, 0.25) is 0 Å². The minimum Gasteiger partial charge on any atom is -0.506 e. The van der Waals surface area contributed by atoms with Crippen molar-refractivity contribution in [3.8, 4) is 5.75 Å². The van der Waals surface area contributed by atoms with Crippen LogP contribution in [0.3, 0.4) is 0 Å². The molecule has 0 amide bonds. The Kier molecular flexibility index (Phi) is 5.51. The number of anilines is 1. The monoisotopic (exact) mass is 478 g/mol. The van der Waals surface area contributed by atoms with Gasteiger partial charge >= 0.3 is 0 Å². The van der Waals surface area contributed by atoms with E-state index in [4.69, 9.17) is 5.10 Å². The summed E-state index contributed by atoms with van der Waals surface area (Å²) >= 11 is 0. The lowest BCUT2D eigenvalue weighted by Crippen LogP contribution is -2.32. The standard InChI is InChI=1S/C25H26N4O4S/c1-15(2)16-11-13-17(14-12-16)27-29-20-9-5-3-7-18(20)23(30)22(25(29)31)24-26-19-8-4-6-10-21(19)34(32,33)28-24/h3-10,15-16,30H,11-14H2,1-2H3,(H,26,28). The van der Waals surface area contributed by atoms with E-state index in [-0.39, 0.29) is 22.0 Å². The molecule has 2 N–H and O–H groups in total. The van der Waals surface area contributed by atoms with Crippen LogP contribution in [0.1, 0.15) is 45.1 Å². The number of hydrogen-bond acceptors (Lipinski definition) is 6. The highest BCUT2D eigenvalue weighted by Crippen LogP contribution is 2.33. The Hall–Kier alpha value is -3.46. The number of benzene rings is 2. The number of hydrogen-bond donors (Lipinski definition) is 2. The number of fused-ring (bicyclic) bond motifs is 2. The zero-order valence-electron chi connectivity index (χ0n) is 19.0. The largest absolute Gasteiger partial charge is 0.506 e. The second kappa shape index (κ2) is 8.39. The molecule has 1 aromatic heterocycles. The summed E-state index contributed by atoms with van der Waals surface area (Å²) in [6.45, 7) is 4.45. The van der Waals surface area contributed by atoms with Crippen LogP contribution in [0.25, 0.3) is 10.9 Å². The van der Waals surface area contributed by atoms with Gasteiger partial charge in [-0.1, -0.05) is 38.1 Å². The van der Waals surface area contributed by atoms with Gasteiger partial charge in [0.25, 0.3) is 15.6 Å². The van der Waals surface area contributed by atoms with Crippen molar-refractivity contribution in [3.05, 3.63) is 64.4 Å².